The maximum absolute atomic E-state index is 12.5. The van der Waals surface area contributed by atoms with E-state index in [-0.39, 0.29) is 5.91 Å². The molecule has 0 radical (unpaired) electrons. The molecule has 1 aromatic carbocycles. The number of nitrogens with zero attached hydrogens (tertiary/aromatic N) is 4. The fourth-order valence-corrected chi connectivity index (χ4v) is 3.30. The minimum atomic E-state index is -0.213. The highest BCUT2D eigenvalue weighted by atomic mass is 16.2. The number of amides is 1. The van der Waals surface area contributed by atoms with E-state index in [1.807, 2.05) is 18.2 Å². The molecule has 0 saturated carbocycles. The first kappa shape index (κ1) is 16.1. The first-order chi connectivity index (χ1) is 12.7. The highest BCUT2D eigenvalue weighted by Gasteiger charge is 2.21. The molecule has 1 amide bonds. The molecular weight excluding hydrogens is 328 g/mol. The molecule has 4 rings (SSSR count). The largest absolute Gasteiger partial charge is 0.318 e. The van der Waals surface area contributed by atoms with Crippen LogP contribution in [0.1, 0.15) is 45.7 Å². The maximum Gasteiger partial charge on any atom is 0.276 e. The molecule has 0 atom stereocenters. The van der Waals surface area contributed by atoms with Crippen LogP contribution in [-0.4, -0.2) is 25.9 Å². The van der Waals surface area contributed by atoms with E-state index in [0.717, 1.165) is 42.5 Å². The van der Waals surface area contributed by atoms with Crippen LogP contribution in [0.3, 0.4) is 0 Å². The fourth-order valence-electron chi connectivity index (χ4n) is 3.30. The van der Waals surface area contributed by atoms with Gasteiger partial charge in [-0.15, -0.1) is 0 Å². The smallest absolute Gasteiger partial charge is 0.276 e. The molecule has 0 saturated heterocycles. The average molecular weight is 346 g/mol. The minimum absolute atomic E-state index is 0.213. The van der Waals surface area contributed by atoms with Crippen LogP contribution in [0, 0.1) is 11.3 Å². The van der Waals surface area contributed by atoms with Crippen LogP contribution in [0.25, 0.3) is 0 Å². The van der Waals surface area contributed by atoms with Crippen LogP contribution in [0.5, 0.6) is 0 Å². The van der Waals surface area contributed by atoms with Gasteiger partial charge in [-0.2, -0.15) is 15.5 Å². The normalized spacial score (nSPS) is 13.0. The van der Waals surface area contributed by atoms with Gasteiger partial charge in [0.2, 0.25) is 0 Å². The Kier molecular flexibility index (Phi) is 4.23. The van der Waals surface area contributed by atoms with Crippen molar-refractivity contribution in [1.29, 1.82) is 5.26 Å². The summed E-state index contributed by atoms with van der Waals surface area (Å²) in [6.45, 7) is 0.531. The summed E-state index contributed by atoms with van der Waals surface area (Å²) in [7, 11) is 0. The Morgan fingerprint density at radius 1 is 1.35 bits per heavy atom. The number of aromatic nitrogens is 4. The summed E-state index contributed by atoms with van der Waals surface area (Å²) in [6, 6.07) is 9.51. The third kappa shape index (κ3) is 3.22. The van der Waals surface area contributed by atoms with Gasteiger partial charge in [-0.3, -0.25) is 14.6 Å². The van der Waals surface area contributed by atoms with Gasteiger partial charge in [0.25, 0.3) is 5.91 Å². The molecule has 2 aromatic heterocycles. The van der Waals surface area contributed by atoms with Crippen molar-refractivity contribution in [2.24, 2.45) is 0 Å². The Morgan fingerprint density at radius 3 is 3.12 bits per heavy atom. The highest BCUT2D eigenvalue weighted by molar-refractivity contribution is 6.03. The highest BCUT2D eigenvalue weighted by Crippen LogP contribution is 2.22. The van der Waals surface area contributed by atoms with Gasteiger partial charge in [-0.05, 0) is 43.4 Å². The van der Waals surface area contributed by atoms with Crippen molar-refractivity contribution in [1.82, 2.24) is 20.0 Å². The average Bonchev–Trinajstić information content (AvgIpc) is 3.28. The minimum Gasteiger partial charge on any atom is -0.318 e. The number of aryl methyl sites for hydroxylation is 1. The summed E-state index contributed by atoms with van der Waals surface area (Å²) < 4.78 is 1.73. The molecule has 26 heavy (non-hydrogen) atoms. The molecule has 0 bridgehead atoms. The summed E-state index contributed by atoms with van der Waals surface area (Å²) in [6.07, 6.45) is 7.46. The quantitative estimate of drug-likeness (QED) is 0.758. The first-order valence-corrected chi connectivity index (χ1v) is 8.62. The second-order valence-electron chi connectivity index (χ2n) is 6.43. The molecular formula is C19H18N6O. The zero-order valence-corrected chi connectivity index (χ0v) is 14.2. The van der Waals surface area contributed by atoms with Crippen molar-refractivity contribution in [3.8, 4) is 6.07 Å². The zero-order valence-electron chi connectivity index (χ0n) is 14.2. The van der Waals surface area contributed by atoms with Gasteiger partial charge in [0, 0.05) is 17.5 Å². The molecule has 2 heterocycles. The lowest BCUT2D eigenvalue weighted by Gasteiger charge is -2.10. The van der Waals surface area contributed by atoms with Crippen LogP contribution < -0.4 is 5.32 Å². The van der Waals surface area contributed by atoms with Crippen molar-refractivity contribution in [2.45, 2.75) is 32.2 Å². The lowest BCUT2D eigenvalue weighted by Crippen LogP contribution is -2.15. The Balaban J connectivity index is 1.46. The standard InChI is InChI=1S/C19H18N6O/c20-9-13-4-3-5-14(8-13)11-25-12-15(10-21-25)22-19(26)18-16-6-1-2-7-17(16)23-24-18/h3-5,8,10,12H,1-2,6-7,11H2,(H,22,26)(H,23,24). The number of benzene rings is 1. The fraction of sp³-hybridized carbons (Fsp3) is 0.263. The Labute approximate surface area is 150 Å². The van der Waals surface area contributed by atoms with E-state index < -0.39 is 0 Å². The number of hydrogen-bond acceptors (Lipinski definition) is 4. The number of rotatable bonds is 4. The molecule has 0 spiro atoms. The van der Waals surface area contributed by atoms with E-state index in [1.165, 1.54) is 0 Å². The predicted molar refractivity (Wildman–Crippen MR) is 95.7 cm³/mol. The molecule has 130 valence electrons. The van der Waals surface area contributed by atoms with Crippen molar-refractivity contribution >= 4 is 11.6 Å². The maximum atomic E-state index is 12.5. The number of anilines is 1. The molecule has 0 aliphatic heterocycles. The van der Waals surface area contributed by atoms with Crippen molar-refractivity contribution in [3.05, 3.63) is 64.7 Å². The molecule has 7 nitrogen and oxygen atoms in total. The Morgan fingerprint density at radius 2 is 2.23 bits per heavy atom. The summed E-state index contributed by atoms with van der Waals surface area (Å²) in [5, 5.41) is 23.3. The summed E-state index contributed by atoms with van der Waals surface area (Å²) in [5.74, 6) is -0.213. The summed E-state index contributed by atoms with van der Waals surface area (Å²) >= 11 is 0. The molecule has 3 aromatic rings. The SMILES string of the molecule is N#Cc1cccc(Cn2cc(NC(=O)c3n[nH]c4c3CCCC4)cn2)c1. The van der Waals surface area contributed by atoms with Crippen LogP contribution in [0.4, 0.5) is 5.69 Å². The topological polar surface area (TPSA) is 99.4 Å². The third-order valence-corrected chi connectivity index (χ3v) is 4.56. The van der Waals surface area contributed by atoms with Crippen molar-refractivity contribution in [3.63, 3.8) is 0 Å². The lowest BCUT2D eigenvalue weighted by atomic mass is 9.96. The van der Waals surface area contributed by atoms with E-state index >= 15 is 0 Å². The molecule has 2 N–H and O–H groups in total. The monoisotopic (exact) mass is 346 g/mol. The number of hydrogen-bond donors (Lipinski definition) is 2. The lowest BCUT2D eigenvalue weighted by molar-refractivity contribution is 0.102. The summed E-state index contributed by atoms with van der Waals surface area (Å²) in [4.78, 5) is 12.5. The van der Waals surface area contributed by atoms with Crippen LogP contribution >= 0.6 is 0 Å². The van der Waals surface area contributed by atoms with Crippen molar-refractivity contribution in [2.75, 3.05) is 5.32 Å². The Hall–Kier alpha value is -3.40. The summed E-state index contributed by atoms with van der Waals surface area (Å²) in [5.41, 5.74) is 4.81. The number of carbonyl (C=O) groups excluding carboxylic acids is 1. The van der Waals surface area contributed by atoms with Gasteiger partial charge in [-0.1, -0.05) is 12.1 Å². The zero-order chi connectivity index (χ0) is 17.9. The molecule has 1 aliphatic carbocycles. The van der Waals surface area contributed by atoms with E-state index in [0.29, 0.717) is 23.5 Å². The third-order valence-electron chi connectivity index (χ3n) is 4.56. The number of fused-ring (bicyclic) bond motifs is 1. The Bertz CT molecular complexity index is 994. The van der Waals surface area contributed by atoms with Crippen LogP contribution in [0.2, 0.25) is 0 Å². The van der Waals surface area contributed by atoms with Crippen LogP contribution in [-0.2, 0) is 19.4 Å². The van der Waals surface area contributed by atoms with E-state index in [2.05, 4.69) is 26.7 Å². The molecule has 7 heteroatoms. The second kappa shape index (κ2) is 6.84. The molecule has 0 fully saturated rings. The van der Waals surface area contributed by atoms with Crippen LogP contribution in [0.15, 0.2) is 36.7 Å². The van der Waals surface area contributed by atoms with E-state index in [9.17, 15) is 4.79 Å². The second-order valence-corrected chi connectivity index (χ2v) is 6.43. The van der Waals surface area contributed by atoms with Gasteiger partial charge in [0.15, 0.2) is 5.69 Å². The van der Waals surface area contributed by atoms with Gasteiger partial charge in [0.1, 0.15) is 0 Å². The number of carbonyl (C=O) groups is 1. The van der Waals surface area contributed by atoms with Gasteiger partial charge >= 0.3 is 0 Å². The number of aromatic amines is 1. The van der Waals surface area contributed by atoms with Gasteiger partial charge in [-0.25, -0.2) is 0 Å². The van der Waals surface area contributed by atoms with E-state index in [4.69, 9.17) is 5.26 Å². The number of H-pyrrole nitrogens is 1. The molecule has 1 aliphatic rings. The van der Waals surface area contributed by atoms with E-state index in [1.54, 1.807) is 23.1 Å². The number of nitrogens with one attached hydrogen (secondary N) is 2. The first-order valence-electron chi connectivity index (χ1n) is 8.62. The van der Waals surface area contributed by atoms with Gasteiger partial charge in [0.05, 0.1) is 30.1 Å². The predicted octanol–water partition coefficient (Wildman–Crippen LogP) is 2.66. The molecule has 0 unspecified atom stereocenters. The number of nitriles is 1. The van der Waals surface area contributed by atoms with Crippen molar-refractivity contribution < 1.29 is 4.79 Å². The van der Waals surface area contributed by atoms with Gasteiger partial charge < -0.3 is 5.32 Å².